The van der Waals surface area contributed by atoms with Gasteiger partial charge in [-0.2, -0.15) is 0 Å². The highest BCUT2D eigenvalue weighted by atomic mass is 16.4. The summed E-state index contributed by atoms with van der Waals surface area (Å²) in [6, 6.07) is 0. The van der Waals surface area contributed by atoms with E-state index in [1.54, 1.807) is 0 Å². The average Bonchev–Trinajstić information content (AvgIpc) is 2.16. The van der Waals surface area contributed by atoms with Gasteiger partial charge in [-0.3, -0.25) is 4.79 Å². The molecule has 0 aromatic rings. The zero-order valence-corrected chi connectivity index (χ0v) is 7.21. The fourth-order valence-corrected chi connectivity index (χ4v) is 1.45. The van der Waals surface area contributed by atoms with E-state index in [1.165, 1.54) is 0 Å². The molecule has 12 heavy (non-hydrogen) atoms. The molecule has 1 atom stereocenters. The van der Waals surface area contributed by atoms with Crippen LogP contribution in [0.4, 0.5) is 0 Å². The molecule has 0 saturated heterocycles. The third-order valence-corrected chi connectivity index (χ3v) is 2.44. The Morgan fingerprint density at radius 3 is 2.58 bits per heavy atom. The van der Waals surface area contributed by atoms with Gasteiger partial charge in [0.05, 0.1) is 11.7 Å². The number of rotatable bonds is 1. The summed E-state index contributed by atoms with van der Waals surface area (Å²) in [5.74, 6) is -0.624. The van der Waals surface area contributed by atoms with Crippen molar-refractivity contribution in [3.63, 3.8) is 0 Å². The Balaban J connectivity index is 2.59. The minimum atomic E-state index is -0.738. The Bertz CT molecular complexity index is 202. The predicted molar refractivity (Wildman–Crippen MR) is 44.9 cm³/mol. The Hall–Kier alpha value is -0.990. The Morgan fingerprint density at radius 2 is 2.00 bits per heavy atom. The van der Waals surface area contributed by atoms with Crippen molar-refractivity contribution in [1.82, 2.24) is 0 Å². The molecule has 0 aliphatic heterocycles. The molecular formula is C9H14O3. The van der Waals surface area contributed by atoms with Gasteiger partial charge in [0.15, 0.2) is 0 Å². The first-order chi connectivity index (χ1) is 5.61. The van der Waals surface area contributed by atoms with E-state index in [0.717, 1.165) is 5.57 Å². The monoisotopic (exact) mass is 170 g/mol. The predicted octanol–water partition coefficient (Wildman–Crippen LogP) is 2.09. The van der Waals surface area contributed by atoms with Gasteiger partial charge in [-0.1, -0.05) is 0 Å². The van der Waals surface area contributed by atoms with Crippen LogP contribution < -0.4 is 0 Å². The highest BCUT2D eigenvalue weighted by Gasteiger charge is 2.21. The lowest BCUT2D eigenvalue weighted by molar-refractivity contribution is -0.142. The third-order valence-electron chi connectivity index (χ3n) is 2.44. The van der Waals surface area contributed by atoms with Crippen molar-refractivity contribution in [3.05, 3.63) is 11.3 Å². The van der Waals surface area contributed by atoms with Gasteiger partial charge in [0.25, 0.3) is 0 Å². The Labute approximate surface area is 71.7 Å². The second-order valence-corrected chi connectivity index (χ2v) is 3.34. The molecule has 0 bridgehead atoms. The number of allylic oxidation sites excluding steroid dienone is 2. The van der Waals surface area contributed by atoms with Crippen molar-refractivity contribution >= 4 is 5.97 Å². The van der Waals surface area contributed by atoms with Crippen LogP contribution in [-0.2, 0) is 4.79 Å². The minimum Gasteiger partial charge on any atom is -0.512 e. The Kier molecular flexibility index (Phi) is 2.74. The van der Waals surface area contributed by atoms with E-state index in [4.69, 9.17) is 5.11 Å². The van der Waals surface area contributed by atoms with E-state index in [9.17, 15) is 9.90 Å². The van der Waals surface area contributed by atoms with Crippen molar-refractivity contribution in [2.45, 2.75) is 32.6 Å². The van der Waals surface area contributed by atoms with Gasteiger partial charge in [-0.05, 0) is 31.8 Å². The van der Waals surface area contributed by atoms with Gasteiger partial charge >= 0.3 is 5.97 Å². The van der Waals surface area contributed by atoms with Crippen LogP contribution >= 0.6 is 0 Å². The smallest absolute Gasteiger partial charge is 0.306 e. The molecule has 3 heteroatoms. The standard InChI is InChI=1S/C9H14O3/c1-6-2-3-7(9(11)12)4-5-8(6)10/h7,10H,2-5H2,1H3,(H,11,12). The van der Waals surface area contributed by atoms with Gasteiger partial charge in [0.2, 0.25) is 0 Å². The average molecular weight is 170 g/mol. The molecule has 0 fully saturated rings. The maximum absolute atomic E-state index is 10.6. The van der Waals surface area contributed by atoms with Crippen LogP contribution in [0.2, 0.25) is 0 Å². The first-order valence-electron chi connectivity index (χ1n) is 4.21. The highest BCUT2D eigenvalue weighted by molar-refractivity contribution is 5.70. The van der Waals surface area contributed by atoms with E-state index in [2.05, 4.69) is 0 Å². The number of aliphatic hydroxyl groups excluding tert-OH is 1. The van der Waals surface area contributed by atoms with E-state index < -0.39 is 5.97 Å². The fourth-order valence-electron chi connectivity index (χ4n) is 1.45. The second kappa shape index (κ2) is 3.61. The SMILES string of the molecule is CC1=C(O)CCC(C(=O)O)CC1. The van der Waals surface area contributed by atoms with Gasteiger partial charge in [-0.25, -0.2) is 0 Å². The zero-order chi connectivity index (χ0) is 9.14. The summed E-state index contributed by atoms with van der Waals surface area (Å²) in [6.07, 6.45) is 2.45. The number of carboxylic acids is 1. The van der Waals surface area contributed by atoms with Gasteiger partial charge in [0.1, 0.15) is 0 Å². The van der Waals surface area contributed by atoms with E-state index >= 15 is 0 Å². The van der Waals surface area contributed by atoms with Crippen LogP contribution in [0.15, 0.2) is 11.3 Å². The lowest BCUT2D eigenvalue weighted by Crippen LogP contribution is -2.12. The number of carboxylic acid groups (broad SMARTS) is 1. The summed E-state index contributed by atoms with van der Waals surface area (Å²) in [5, 5.41) is 18.1. The van der Waals surface area contributed by atoms with Crippen LogP contribution in [0.25, 0.3) is 0 Å². The van der Waals surface area contributed by atoms with E-state index in [1.807, 2.05) is 6.92 Å². The van der Waals surface area contributed by atoms with Gasteiger partial charge in [-0.15, -0.1) is 0 Å². The molecule has 0 spiro atoms. The third kappa shape index (κ3) is 2.00. The van der Waals surface area contributed by atoms with Crippen LogP contribution in [0, 0.1) is 5.92 Å². The quantitative estimate of drug-likeness (QED) is 0.633. The molecule has 0 aromatic carbocycles. The number of hydrogen-bond acceptors (Lipinski definition) is 2. The summed E-state index contributed by atoms with van der Waals surface area (Å²) in [5.41, 5.74) is 0.943. The molecule has 0 heterocycles. The molecular weight excluding hydrogens is 156 g/mol. The molecule has 3 nitrogen and oxygen atoms in total. The minimum absolute atomic E-state index is 0.274. The van der Waals surface area contributed by atoms with Crippen molar-refractivity contribution in [2.75, 3.05) is 0 Å². The lowest BCUT2D eigenvalue weighted by atomic mass is 10.00. The molecule has 0 radical (unpaired) electrons. The highest BCUT2D eigenvalue weighted by Crippen LogP contribution is 2.26. The molecule has 0 amide bonds. The van der Waals surface area contributed by atoms with Crippen LogP contribution in [-0.4, -0.2) is 16.2 Å². The first-order valence-corrected chi connectivity index (χ1v) is 4.21. The molecule has 1 unspecified atom stereocenters. The zero-order valence-electron chi connectivity index (χ0n) is 7.21. The van der Waals surface area contributed by atoms with Gasteiger partial charge < -0.3 is 10.2 Å². The summed E-state index contributed by atoms with van der Waals surface area (Å²) in [4.78, 5) is 10.6. The molecule has 0 aromatic heterocycles. The molecule has 1 aliphatic rings. The van der Waals surface area contributed by atoms with E-state index in [0.29, 0.717) is 31.4 Å². The number of carbonyl (C=O) groups is 1. The summed E-state index contributed by atoms with van der Waals surface area (Å²) >= 11 is 0. The second-order valence-electron chi connectivity index (χ2n) is 3.34. The van der Waals surface area contributed by atoms with E-state index in [-0.39, 0.29) is 5.92 Å². The van der Waals surface area contributed by atoms with Crippen molar-refractivity contribution in [3.8, 4) is 0 Å². The summed E-state index contributed by atoms with van der Waals surface area (Å²) in [7, 11) is 0. The number of hydrogen-bond donors (Lipinski definition) is 2. The maximum Gasteiger partial charge on any atom is 0.306 e. The van der Waals surface area contributed by atoms with Crippen molar-refractivity contribution in [1.29, 1.82) is 0 Å². The maximum atomic E-state index is 10.6. The number of aliphatic carboxylic acids is 1. The molecule has 2 N–H and O–H groups in total. The molecule has 68 valence electrons. The van der Waals surface area contributed by atoms with Crippen LogP contribution in [0.3, 0.4) is 0 Å². The fraction of sp³-hybridized carbons (Fsp3) is 0.667. The van der Waals surface area contributed by atoms with Crippen molar-refractivity contribution in [2.24, 2.45) is 5.92 Å². The van der Waals surface area contributed by atoms with Gasteiger partial charge in [0, 0.05) is 6.42 Å². The normalized spacial score (nSPS) is 25.2. The summed E-state index contributed by atoms with van der Waals surface area (Å²) < 4.78 is 0. The molecule has 1 rings (SSSR count). The molecule has 0 saturated carbocycles. The lowest BCUT2D eigenvalue weighted by Gasteiger charge is -2.06. The van der Waals surface area contributed by atoms with Crippen molar-refractivity contribution < 1.29 is 15.0 Å². The van der Waals surface area contributed by atoms with Crippen LogP contribution in [0.5, 0.6) is 0 Å². The molecule has 1 aliphatic carbocycles. The van der Waals surface area contributed by atoms with Crippen LogP contribution in [0.1, 0.15) is 32.6 Å². The topological polar surface area (TPSA) is 57.5 Å². The first kappa shape index (κ1) is 9.10. The largest absolute Gasteiger partial charge is 0.512 e. The number of aliphatic hydroxyl groups is 1. The summed E-state index contributed by atoms with van der Waals surface area (Å²) in [6.45, 7) is 1.86. The Morgan fingerprint density at radius 1 is 1.42 bits per heavy atom.